The zero-order chi connectivity index (χ0) is 30.4. The summed E-state index contributed by atoms with van der Waals surface area (Å²) in [6.45, 7) is 4.36. The van der Waals surface area contributed by atoms with Crippen molar-refractivity contribution in [1.82, 2.24) is 20.1 Å². The summed E-state index contributed by atoms with van der Waals surface area (Å²) in [5.41, 5.74) is 3.02. The van der Waals surface area contributed by atoms with Crippen molar-refractivity contribution in [3.63, 3.8) is 0 Å². The number of allylic oxidation sites excluding steroid dienone is 1. The minimum atomic E-state index is -1.59. The summed E-state index contributed by atoms with van der Waals surface area (Å²) in [5, 5.41) is 31.6. The van der Waals surface area contributed by atoms with Gasteiger partial charge < -0.3 is 19.9 Å². The summed E-state index contributed by atoms with van der Waals surface area (Å²) in [6, 6.07) is 13.8. The number of oxazole rings is 1. The number of aliphatic hydroxyl groups excluding tert-OH is 1. The summed E-state index contributed by atoms with van der Waals surface area (Å²) < 4.78 is 21.2. The number of amides is 1. The molecule has 2 heterocycles. The van der Waals surface area contributed by atoms with Crippen LogP contribution < -0.4 is 5.32 Å². The van der Waals surface area contributed by atoms with Crippen LogP contribution in [0.15, 0.2) is 64.7 Å². The largest absolute Gasteiger partial charge is 0.439 e. The number of carbonyl (C=O) groups is 1. The molecule has 7 atom stereocenters. The number of aromatic nitrogens is 3. The number of benzene rings is 2. The first kappa shape index (κ1) is 27.7. The fraction of sp³-hybridized carbons (Fsp3) is 0.457. The molecule has 0 bridgehead atoms. The molecule has 3 saturated carbocycles. The molecule has 5 unspecified atom stereocenters. The maximum Gasteiger partial charge on any atom is 0.252 e. The van der Waals surface area contributed by atoms with Gasteiger partial charge in [-0.2, -0.15) is 5.10 Å². The average molecular weight is 597 g/mol. The van der Waals surface area contributed by atoms with Crippen LogP contribution in [0.1, 0.15) is 63.1 Å². The zero-order valence-corrected chi connectivity index (χ0v) is 25.0. The minimum absolute atomic E-state index is 0.00746. The SMILES string of the molecule is CC12Cc3cnn(-c4ccc(F)cc4)c3C=C1CCC1C2[C@@H](O)CC2(C)C1CC[C@]2(O)C(=O)NCc1nc2ccccc2o1. The van der Waals surface area contributed by atoms with E-state index in [2.05, 4.69) is 28.4 Å². The second kappa shape index (κ2) is 9.59. The average Bonchev–Trinajstić information content (AvgIpc) is 3.68. The molecule has 44 heavy (non-hydrogen) atoms. The number of hydrogen-bond donors (Lipinski definition) is 3. The van der Waals surface area contributed by atoms with Crippen LogP contribution in [0.25, 0.3) is 22.9 Å². The molecule has 4 aliphatic rings. The van der Waals surface area contributed by atoms with E-state index < -0.39 is 23.0 Å². The summed E-state index contributed by atoms with van der Waals surface area (Å²) in [4.78, 5) is 18.2. The molecule has 3 fully saturated rings. The van der Waals surface area contributed by atoms with Crippen molar-refractivity contribution in [2.24, 2.45) is 28.6 Å². The number of aliphatic hydroxyl groups is 2. The number of para-hydroxylation sites is 2. The van der Waals surface area contributed by atoms with Gasteiger partial charge in [0.15, 0.2) is 5.58 Å². The molecule has 2 aromatic heterocycles. The fourth-order valence-corrected chi connectivity index (χ4v) is 9.65. The van der Waals surface area contributed by atoms with Crippen molar-refractivity contribution in [2.45, 2.75) is 70.6 Å². The van der Waals surface area contributed by atoms with Crippen molar-refractivity contribution in [2.75, 3.05) is 0 Å². The lowest BCUT2D eigenvalue weighted by Crippen LogP contribution is -2.63. The van der Waals surface area contributed by atoms with Gasteiger partial charge in [0.1, 0.15) is 16.9 Å². The maximum absolute atomic E-state index is 13.7. The molecule has 3 N–H and O–H groups in total. The number of nitrogens with zero attached hydrogens (tertiary/aromatic N) is 3. The predicted octanol–water partition coefficient (Wildman–Crippen LogP) is 5.35. The topological polar surface area (TPSA) is 113 Å². The van der Waals surface area contributed by atoms with E-state index >= 15 is 0 Å². The molecular formula is C35H37FN4O4. The molecule has 4 aromatic rings. The van der Waals surface area contributed by atoms with Crippen LogP contribution in [0.5, 0.6) is 0 Å². The highest BCUT2D eigenvalue weighted by Crippen LogP contribution is 2.67. The lowest BCUT2D eigenvalue weighted by Gasteiger charge is -2.60. The first-order chi connectivity index (χ1) is 21.1. The summed E-state index contributed by atoms with van der Waals surface area (Å²) >= 11 is 0. The van der Waals surface area contributed by atoms with E-state index in [0.717, 1.165) is 48.1 Å². The number of halogens is 1. The Balaban J connectivity index is 1.05. The third kappa shape index (κ3) is 3.84. The highest BCUT2D eigenvalue weighted by molar-refractivity contribution is 5.86. The number of carbonyl (C=O) groups excluding carboxylic acids is 1. The Morgan fingerprint density at radius 2 is 1.95 bits per heavy atom. The number of fused-ring (bicyclic) bond motifs is 7. The van der Waals surface area contributed by atoms with Gasteiger partial charge in [0.2, 0.25) is 5.89 Å². The summed E-state index contributed by atoms with van der Waals surface area (Å²) in [6.07, 6.45) is 7.45. The van der Waals surface area contributed by atoms with E-state index in [1.54, 1.807) is 12.1 Å². The lowest BCUT2D eigenvalue weighted by molar-refractivity contribution is -0.181. The highest BCUT2D eigenvalue weighted by Gasteiger charge is 2.68. The smallest absolute Gasteiger partial charge is 0.252 e. The second-order valence-corrected chi connectivity index (χ2v) is 13.9. The molecular weight excluding hydrogens is 559 g/mol. The van der Waals surface area contributed by atoms with Crippen LogP contribution in [0.4, 0.5) is 4.39 Å². The van der Waals surface area contributed by atoms with Crippen LogP contribution in [0.3, 0.4) is 0 Å². The number of nitrogens with one attached hydrogen (secondary N) is 1. The van der Waals surface area contributed by atoms with Crippen LogP contribution in [-0.4, -0.2) is 42.6 Å². The van der Waals surface area contributed by atoms with Gasteiger partial charge in [-0.1, -0.05) is 31.6 Å². The molecule has 228 valence electrons. The molecule has 8 nitrogen and oxygen atoms in total. The van der Waals surface area contributed by atoms with Crippen molar-refractivity contribution in [3.8, 4) is 5.69 Å². The molecule has 0 saturated heterocycles. The Kier molecular flexibility index (Phi) is 6.04. The standard InChI is InChI=1S/C35H37FN4O4/c1-33-16-20-18-38-40(23-10-8-22(36)9-11-23)27(20)15-21(33)7-12-24-25-13-14-35(43,34(25,2)17-28(41)31(24)33)32(42)37-19-30-39-26-5-3-4-6-29(26)44-30/h3-6,8-11,15,18,24-25,28,31,41,43H,7,12-14,16-17,19H2,1-2H3,(H,37,42)/t24?,25?,28-,31?,33?,34?,35-/m0/s1. The Morgan fingerprint density at radius 3 is 2.75 bits per heavy atom. The van der Waals surface area contributed by atoms with Gasteiger partial charge >= 0.3 is 0 Å². The summed E-state index contributed by atoms with van der Waals surface area (Å²) in [5.74, 6) is -0.0138. The second-order valence-electron chi connectivity index (χ2n) is 13.9. The van der Waals surface area contributed by atoms with Crippen LogP contribution in [0, 0.1) is 34.4 Å². The van der Waals surface area contributed by atoms with Crippen LogP contribution in [0.2, 0.25) is 0 Å². The third-order valence-electron chi connectivity index (χ3n) is 11.8. The Morgan fingerprint density at radius 1 is 1.16 bits per heavy atom. The summed E-state index contributed by atoms with van der Waals surface area (Å²) in [7, 11) is 0. The van der Waals surface area contributed by atoms with Gasteiger partial charge in [-0.15, -0.1) is 0 Å². The van der Waals surface area contributed by atoms with Gasteiger partial charge in [0.25, 0.3) is 5.91 Å². The maximum atomic E-state index is 13.7. The van der Waals surface area contributed by atoms with Gasteiger partial charge in [0, 0.05) is 5.41 Å². The first-order valence-corrected chi connectivity index (χ1v) is 15.7. The minimum Gasteiger partial charge on any atom is -0.439 e. The quantitative estimate of drug-likeness (QED) is 0.293. The van der Waals surface area contributed by atoms with Crippen molar-refractivity contribution < 1.29 is 23.8 Å². The number of rotatable bonds is 4. The molecule has 8 rings (SSSR count). The van der Waals surface area contributed by atoms with E-state index in [1.807, 2.05) is 42.1 Å². The molecule has 0 radical (unpaired) electrons. The first-order valence-electron chi connectivity index (χ1n) is 15.7. The highest BCUT2D eigenvalue weighted by atomic mass is 19.1. The monoisotopic (exact) mass is 596 g/mol. The third-order valence-corrected chi connectivity index (χ3v) is 11.8. The Labute approximate surface area is 255 Å². The Bertz CT molecular complexity index is 1780. The van der Waals surface area contributed by atoms with E-state index in [9.17, 15) is 19.4 Å². The normalized spacial score (nSPS) is 34.1. The predicted molar refractivity (Wildman–Crippen MR) is 162 cm³/mol. The lowest BCUT2D eigenvalue weighted by atomic mass is 9.45. The van der Waals surface area contributed by atoms with E-state index in [4.69, 9.17) is 4.42 Å². The van der Waals surface area contributed by atoms with Gasteiger partial charge in [-0.3, -0.25) is 4.79 Å². The fourth-order valence-electron chi connectivity index (χ4n) is 9.65. The van der Waals surface area contributed by atoms with Gasteiger partial charge in [-0.25, -0.2) is 14.1 Å². The van der Waals surface area contributed by atoms with Crippen molar-refractivity contribution >= 4 is 23.1 Å². The molecule has 1 amide bonds. The molecule has 2 aromatic carbocycles. The Hall–Kier alpha value is -3.82. The number of hydrogen-bond acceptors (Lipinski definition) is 6. The van der Waals surface area contributed by atoms with Crippen LogP contribution in [-0.2, 0) is 17.8 Å². The zero-order valence-electron chi connectivity index (χ0n) is 25.0. The van der Waals surface area contributed by atoms with E-state index in [1.165, 1.54) is 17.7 Å². The van der Waals surface area contributed by atoms with Gasteiger partial charge in [-0.05, 0) is 110 Å². The van der Waals surface area contributed by atoms with E-state index in [-0.39, 0.29) is 35.5 Å². The van der Waals surface area contributed by atoms with Crippen molar-refractivity contribution in [3.05, 3.63) is 83.3 Å². The molecule has 0 spiro atoms. The molecule has 4 aliphatic carbocycles. The van der Waals surface area contributed by atoms with Crippen molar-refractivity contribution in [1.29, 1.82) is 0 Å². The van der Waals surface area contributed by atoms with E-state index in [0.29, 0.717) is 24.3 Å². The molecule has 9 heteroatoms. The van der Waals surface area contributed by atoms with Gasteiger partial charge in [0.05, 0.1) is 30.2 Å². The molecule has 0 aliphatic heterocycles. The van der Waals surface area contributed by atoms with Crippen LogP contribution >= 0.6 is 0 Å².